The van der Waals surface area contributed by atoms with Gasteiger partial charge in [0.25, 0.3) is 0 Å². The fourth-order valence-corrected chi connectivity index (χ4v) is 0.554. The van der Waals surface area contributed by atoms with Crippen LogP contribution in [-0.4, -0.2) is 24.0 Å². The van der Waals surface area contributed by atoms with Gasteiger partial charge in [0.05, 0.1) is 0 Å². The molecule has 0 rings (SSSR count). The van der Waals surface area contributed by atoms with Gasteiger partial charge in [-0.15, -0.1) is 0 Å². The number of nitrogens with one attached hydrogen (secondary N) is 3. The number of thioether (sulfide) groups is 1. The summed E-state index contributed by atoms with van der Waals surface area (Å²) in [5.41, 5.74) is 0. The van der Waals surface area contributed by atoms with Crippen LogP contribution in [0.2, 0.25) is 0 Å². The second-order valence-electron chi connectivity index (χ2n) is 1.52. The monoisotopic (exact) mass is 161 g/mol. The van der Waals surface area contributed by atoms with Crippen molar-refractivity contribution in [1.82, 2.24) is 10.6 Å². The summed E-state index contributed by atoms with van der Waals surface area (Å²) in [6.07, 6.45) is 1.73. The second kappa shape index (κ2) is 5.10. The summed E-state index contributed by atoms with van der Waals surface area (Å²) in [5.74, 6) is 0. The molecular weight excluding hydrogens is 150 g/mol. The SMILES string of the molecule is CCNC(=O)NC(=N)SC. The summed E-state index contributed by atoms with van der Waals surface area (Å²) in [4.78, 5) is 10.6. The lowest BCUT2D eigenvalue weighted by Crippen LogP contribution is -2.37. The number of carbonyl (C=O) groups excluding carboxylic acids is 1. The first-order valence-electron chi connectivity index (χ1n) is 2.88. The van der Waals surface area contributed by atoms with Gasteiger partial charge in [-0.3, -0.25) is 10.7 Å². The number of hydrogen-bond acceptors (Lipinski definition) is 3. The third kappa shape index (κ3) is 4.20. The molecule has 0 aliphatic rings. The molecule has 4 nitrogen and oxygen atoms in total. The average molecular weight is 161 g/mol. The lowest BCUT2D eigenvalue weighted by atomic mass is 10.7. The van der Waals surface area contributed by atoms with E-state index in [9.17, 15) is 4.79 Å². The van der Waals surface area contributed by atoms with E-state index in [1.165, 1.54) is 11.8 Å². The molecule has 0 fully saturated rings. The molecular formula is C5H11N3OS. The Kier molecular flexibility index (Phi) is 4.74. The number of carbonyl (C=O) groups is 1. The lowest BCUT2D eigenvalue weighted by molar-refractivity contribution is 0.246. The molecule has 0 aliphatic carbocycles. The molecule has 2 amide bonds. The summed E-state index contributed by atoms with van der Waals surface area (Å²) in [7, 11) is 0. The smallest absolute Gasteiger partial charge is 0.320 e. The van der Waals surface area contributed by atoms with Crippen LogP contribution in [-0.2, 0) is 0 Å². The zero-order valence-corrected chi connectivity index (χ0v) is 6.84. The van der Waals surface area contributed by atoms with Gasteiger partial charge in [-0.2, -0.15) is 0 Å². The van der Waals surface area contributed by atoms with E-state index in [1.54, 1.807) is 6.26 Å². The molecule has 0 bridgehead atoms. The molecule has 0 spiro atoms. The van der Waals surface area contributed by atoms with Crippen LogP contribution in [0.15, 0.2) is 0 Å². The first-order valence-corrected chi connectivity index (χ1v) is 4.10. The van der Waals surface area contributed by atoms with Crippen LogP contribution in [0.25, 0.3) is 0 Å². The minimum atomic E-state index is -0.318. The molecule has 5 heteroatoms. The molecule has 0 atom stereocenters. The van der Waals surface area contributed by atoms with Crippen molar-refractivity contribution in [2.75, 3.05) is 12.8 Å². The highest BCUT2D eigenvalue weighted by atomic mass is 32.2. The number of amides is 2. The zero-order valence-electron chi connectivity index (χ0n) is 6.02. The third-order valence-electron chi connectivity index (χ3n) is 0.769. The van der Waals surface area contributed by atoms with Gasteiger partial charge in [-0.25, -0.2) is 4.79 Å². The van der Waals surface area contributed by atoms with Crippen LogP contribution >= 0.6 is 11.8 Å². The topological polar surface area (TPSA) is 65.0 Å². The Hall–Kier alpha value is -0.710. The van der Waals surface area contributed by atoms with Crippen LogP contribution < -0.4 is 10.6 Å². The highest BCUT2D eigenvalue weighted by Gasteiger charge is 1.98. The largest absolute Gasteiger partial charge is 0.338 e. The van der Waals surface area contributed by atoms with Gasteiger partial charge < -0.3 is 5.32 Å². The maximum atomic E-state index is 10.6. The average Bonchev–Trinajstić information content (AvgIpc) is 1.88. The van der Waals surface area contributed by atoms with Crippen molar-refractivity contribution in [3.05, 3.63) is 0 Å². The van der Waals surface area contributed by atoms with Crippen molar-refractivity contribution in [3.8, 4) is 0 Å². The van der Waals surface area contributed by atoms with E-state index in [1.807, 2.05) is 6.92 Å². The standard InChI is InChI=1S/C5H11N3OS/c1-3-7-5(9)8-4(6)10-2/h3H2,1-2H3,(H3,6,7,8,9). The van der Waals surface area contributed by atoms with E-state index in [2.05, 4.69) is 10.6 Å². The fourth-order valence-electron chi connectivity index (χ4n) is 0.359. The van der Waals surface area contributed by atoms with Gasteiger partial charge in [0, 0.05) is 6.54 Å². The molecule has 0 aromatic rings. The maximum Gasteiger partial charge on any atom is 0.320 e. The zero-order chi connectivity index (χ0) is 7.98. The summed E-state index contributed by atoms with van der Waals surface area (Å²) in [5, 5.41) is 12.0. The fraction of sp³-hybridized carbons (Fsp3) is 0.600. The lowest BCUT2D eigenvalue weighted by Gasteiger charge is -2.02. The van der Waals surface area contributed by atoms with Gasteiger partial charge in [0.1, 0.15) is 0 Å². The van der Waals surface area contributed by atoms with Crippen molar-refractivity contribution in [2.45, 2.75) is 6.92 Å². The number of hydrogen-bond donors (Lipinski definition) is 3. The Labute approximate surface area is 64.3 Å². The first kappa shape index (κ1) is 9.29. The van der Waals surface area contributed by atoms with Gasteiger partial charge in [0.15, 0.2) is 5.17 Å². The molecule has 58 valence electrons. The molecule has 10 heavy (non-hydrogen) atoms. The minimum Gasteiger partial charge on any atom is -0.338 e. The molecule has 0 saturated heterocycles. The third-order valence-corrected chi connectivity index (χ3v) is 1.28. The summed E-state index contributed by atoms with van der Waals surface area (Å²) >= 11 is 1.19. The van der Waals surface area contributed by atoms with Crippen LogP contribution in [0.1, 0.15) is 6.92 Å². The van der Waals surface area contributed by atoms with Crippen molar-refractivity contribution in [2.24, 2.45) is 0 Å². The van der Waals surface area contributed by atoms with E-state index in [4.69, 9.17) is 5.41 Å². The van der Waals surface area contributed by atoms with Crippen molar-refractivity contribution < 1.29 is 4.79 Å². The van der Waals surface area contributed by atoms with E-state index < -0.39 is 0 Å². The van der Waals surface area contributed by atoms with Gasteiger partial charge in [-0.05, 0) is 13.2 Å². The number of urea groups is 1. The predicted octanol–water partition coefficient (Wildman–Crippen LogP) is 0.603. The Bertz CT molecular complexity index is 137. The summed E-state index contributed by atoms with van der Waals surface area (Å²) in [6.45, 7) is 2.40. The van der Waals surface area contributed by atoms with E-state index in [-0.39, 0.29) is 11.2 Å². The molecule has 0 saturated carbocycles. The molecule has 3 N–H and O–H groups in total. The molecule has 0 radical (unpaired) electrons. The van der Waals surface area contributed by atoms with Crippen LogP contribution in [0.5, 0.6) is 0 Å². The summed E-state index contributed by atoms with van der Waals surface area (Å²) < 4.78 is 0. The Morgan fingerprint density at radius 3 is 2.70 bits per heavy atom. The van der Waals surface area contributed by atoms with Crippen molar-refractivity contribution in [3.63, 3.8) is 0 Å². The van der Waals surface area contributed by atoms with E-state index in [0.29, 0.717) is 6.54 Å². The Morgan fingerprint density at radius 1 is 1.70 bits per heavy atom. The first-order chi connectivity index (χ1) is 4.70. The molecule has 0 aromatic heterocycles. The van der Waals surface area contributed by atoms with Gasteiger partial charge in [0.2, 0.25) is 0 Å². The van der Waals surface area contributed by atoms with E-state index in [0.717, 1.165) is 0 Å². The van der Waals surface area contributed by atoms with Crippen LogP contribution in [0, 0.1) is 5.41 Å². The molecule has 0 heterocycles. The van der Waals surface area contributed by atoms with Gasteiger partial charge in [-0.1, -0.05) is 11.8 Å². The van der Waals surface area contributed by atoms with E-state index >= 15 is 0 Å². The minimum absolute atomic E-state index is 0.158. The normalized spacial score (nSPS) is 8.60. The maximum absolute atomic E-state index is 10.6. The van der Waals surface area contributed by atoms with Crippen LogP contribution in [0.3, 0.4) is 0 Å². The molecule has 0 aromatic carbocycles. The summed E-state index contributed by atoms with van der Waals surface area (Å²) in [6, 6.07) is -0.318. The van der Waals surface area contributed by atoms with Gasteiger partial charge >= 0.3 is 6.03 Å². The van der Waals surface area contributed by atoms with Crippen molar-refractivity contribution in [1.29, 1.82) is 5.41 Å². The highest BCUT2D eigenvalue weighted by Crippen LogP contribution is 1.88. The number of amidine groups is 1. The second-order valence-corrected chi connectivity index (χ2v) is 2.33. The quantitative estimate of drug-likeness (QED) is 0.389. The van der Waals surface area contributed by atoms with Crippen LogP contribution in [0.4, 0.5) is 4.79 Å². The molecule has 0 unspecified atom stereocenters. The Balaban J connectivity index is 3.47. The van der Waals surface area contributed by atoms with Crippen molar-refractivity contribution >= 4 is 23.0 Å². The highest BCUT2D eigenvalue weighted by molar-refractivity contribution is 8.13. The number of rotatable bonds is 1. The predicted molar refractivity (Wildman–Crippen MR) is 43.5 cm³/mol. The molecule has 0 aliphatic heterocycles. The Morgan fingerprint density at radius 2 is 2.30 bits per heavy atom.